The third-order valence-corrected chi connectivity index (χ3v) is 2.35. The zero-order valence-electron chi connectivity index (χ0n) is 8.20. The number of alkyl halides is 1. The van der Waals surface area contributed by atoms with Gasteiger partial charge in [0.05, 0.1) is 18.8 Å². The number of rotatable bonds is 1. The van der Waals surface area contributed by atoms with Crippen LogP contribution in [0.15, 0.2) is 6.07 Å². The van der Waals surface area contributed by atoms with Gasteiger partial charge in [-0.2, -0.15) is 5.10 Å². The maximum absolute atomic E-state index is 12.5. The standard InChI is InChI=1S/C9H12FN3O/c1-6-3-8(12(2)11-6)9(14)13-4-7(10)5-13/h3,7H,4-5H2,1-2H3. The van der Waals surface area contributed by atoms with Gasteiger partial charge in [0.25, 0.3) is 5.91 Å². The van der Waals surface area contributed by atoms with Gasteiger partial charge in [-0.05, 0) is 13.0 Å². The quantitative estimate of drug-likeness (QED) is 0.658. The molecule has 0 aromatic carbocycles. The van der Waals surface area contributed by atoms with Crippen LogP contribution in [0.2, 0.25) is 0 Å². The second-order valence-corrected chi connectivity index (χ2v) is 3.60. The minimum Gasteiger partial charge on any atom is -0.331 e. The van der Waals surface area contributed by atoms with E-state index in [1.54, 1.807) is 13.1 Å². The molecule has 0 N–H and O–H groups in total. The minimum atomic E-state index is -0.853. The van der Waals surface area contributed by atoms with Gasteiger partial charge in [0.2, 0.25) is 0 Å². The van der Waals surface area contributed by atoms with Crippen LogP contribution in [0, 0.1) is 6.92 Å². The Hall–Kier alpha value is -1.39. The summed E-state index contributed by atoms with van der Waals surface area (Å²) in [5.74, 6) is -0.137. The molecule has 1 fully saturated rings. The fourth-order valence-corrected chi connectivity index (χ4v) is 1.56. The molecule has 2 heterocycles. The number of carbonyl (C=O) groups excluding carboxylic acids is 1. The highest BCUT2D eigenvalue weighted by molar-refractivity contribution is 5.93. The number of nitrogens with zero attached hydrogens (tertiary/aromatic N) is 3. The smallest absolute Gasteiger partial charge is 0.272 e. The Balaban J connectivity index is 2.15. The van der Waals surface area contributed by atoms with Crippen LogP contribution < -0.4 is 0 Å². The van der Waals surface area contributed by atoms with Crippen molar-refractivity contribution in [1.82, 2.24) is 14.7 Å². The van der Waals surface area contributed by atoms with E-state index in [1.165, 1.54) is 9.58 Å². The van der Waals surface area contributed by atoms with Crippen molar-refractivity contribution in [2.45, 2.75) is 13.1 Å². The van der Waals surface area contributed by atoms with Crippen LogP contribution in [-0.4, -0.2) is 39.8 Å². The molecule has 0 spiro atoms. The fraction of sp³-hybridized carbons (Fsp3) is 0.556. The second kappa shape index (κ2) is 3.08. The Morgan fingerprint density at radius 1 is 1.64 bits per heavy atom. The number of aromatic nitrogens is 2. The van der Waals surface area contributed by atoms with Crippen molar-refractivity contribution in [3.63, 3.8) is 0 Å². The summed E-state index contributed by atoms with van der Waals surface area (Å²) in [5.41, 5.74) is 1.32. The molecule has 1 aromatic rings. The van der Waals surface area contributed by atoms with Gasteiger partial charge in [-0.1, -0.05) is 0 Å². The number of aryl methyl sites for hydroxylation is 2. The van der Waals surface area contributed by atoms with Crippen molar-refractivity contribution in [3.05, 3.63) is 17.5 Å². The zero-order chi connectivity index (χ0) is 10.3. The predicted molar refractivity (Wildman–Crippen MR) is 48.7 cm³/mol. The van der Waals surface area contributed by atoms with Crippen LogP contribution in [0.3, 0.4) is 0 Å². The third-order valence-electron chi connectivity index (χ3n) is 2.35. The highest BCUT2D eigenvalue weighted by Gasteiger charge is 2.32. The topological polar surface area (TPSA) is 38.1 Å². The normalized spacial score (nSPS) is 16.9. The van der Waals surface area contributed by atoms with Crippen LogP contribution in [0.5, 0.6) is 0 Å². The van der Waals surface area contributed by atoms with E-state index in [1.807, 2.05) is 6.92 Å². The monoisotopic (exact) mass is 197 g/mol. The van der Waals surface area contributed by atoms with E-state index in [0.717, 1.165) is 5.69 Å². The molecule has 0 bridgehead atoms. The van der Waals surface area contributed by atoms with Crippen molar-refractivity contribution in [1.29, 1.82) is 0 Å². The number of likely N-dealkylation sites (tertiary alicyclic amines) is 1. The second-order valence-electron chi connectivity index (χ2n) is 3.60. The van der Waals surface area contributed by atoms with Crippen LogP contribution in [0.1, 0.15) is 16.2 Å². The number of hydrogen-bond acceptors (Lipinski definition) is 2. The SMILES string of the molecule is Cc1cc(C(=O)N2CC(F)C2)n(C)n1. The van der Waals surface area contributed by atoms with Gasteiger partial charge < -0.3 is 4.90 Å². The summed E-state index contributed by atoms with van der Waals surface area (Å²) in [7, 11) is 1.72. The van der Waals surface area contributed by atoms with Gasteiger partial charge in [-0.3, -0.25) is 9.48 Å². The van der Waals surface area contributed by atoms with E-state index >= 15 is 0 Å². The molecule has 5 heteroatoms. The van der Waals surface area contributed by atoms with Gasteiger partial charge in [-0.15, -0.1) is 0 Å². The average molecular weight is 197 g/mol. The van der Waals surface area contributed by atoms with E-state index < -0.39 is 6.17 Å². The van der Waals surface area contributed by atoms with E-state index in [4.69, 9.17) is 0 Å². The molecule has 0 atom stereocenters. The molecule has 0 radical (unpaired) electrons. The lowest BCUT2D eigenvalue weighted by Gasteiger charge is -2.34. The lowest BCUT2D eigenvalue weighted by Crippen LogP contribution is -2.51. The highest BCUT2D eigenvalue weighted by atomic mass is 19.1. The van der Waals surface area contributed by atoms with Crippen molar-refractivity contribution in [2.24, 2.45) is 7.05 Å². The summed E-state index contributed by atoms with van der Waals surface area (Å²) in [4.78, 5) is 13.2. The van der Waals surface area contributed by atoms with Crippen molar-refractivity contribution < 1.29 is 9.18 Å². The Kier molecular flexibility index (Phi) is 2.02. The maximum Gasteiger partial charge on any atom is 0.272 e. The van der Waals surface area contributed by atoms with Crippen molar-refractivity contribution in [2.75, 3.05) is 13.1 Å². The van der Waals surface area contributed by atoms with Gasteiger partial charge in [-0.25, -0.2) is 4.39 Å². The fourth-order valence-electron chi connectivity index (χ4n) is 1.56. The first-order chi connectivity index (χ1) is 6.58. The lowest BCUT2D eigenvalue weighted by atomic mass is 10.1. The first-order valence-corrected chi connectivity index (χ1v) is 4.52. The van der Waals surface area contributed by atoms with Gasteiger partial charge in [0.15, 0.2) is 0 Å². The molecular weight excluding hydrogens is 185 g/mol. The highest BCUT2D eigenvalue weighted by Crippen LogP contribution is 2.15. The van der Waals surface area contributed by atoms with Gasteiger partial charge in [0, 0.05) is 7.05 Å². The summed E-state index contributed by atoms with van der Waals surface area (Å²) < 4.78 is 14.1. The summed E-state index contributed by atoms with van der Waals surface area (Å²) in [6.07, 6.45) is -0.853. The Labute approximate surface area is 81.3 Å². The van der Waals surface area contributed by atoms with E-state index in [0.29, 0.717) is 5.69 Å². The molecule has 4 nitrogen and oxygen atoms in total. The van der Waals surface area contributed by atoms with Crippen LogP contribution in [0.25, 0.3) is 0 Å². The van der Waals surface area contributed by atoms with Crippen LogP contribution in [0.4, 0.5) is 4.39 Å². The largest absolute Gasteiger partial charge is 0.331 e. The Morgan fingerprint density at radius 3 is 2.71 bits per heavy atom. The number of halogens is 1. The van der Waals surface area contributed by atoms with Gasteiger partial charge in [0.1, 0.15) is 11.9 Å². The molecule has 1 aliphatic heterocycles. The van der Waals surface area contributed by atoms with Crippen molar-refractivity contribution >= 4 is 5.91 Å². The molecule has 1 amide bonds. The van der Waals surface area contributed by atoms with Gasteiger partial charge >= 0.3 is 0 Å². The molecule has 1 saturated heterocycles. The first kappa shape index (κ1) is 9.18. The third kappa shape index (κ3) is 1.38. The molecule has 1 aromatic heterocycles. The number of hydrogen-bond donors (Lipinski definition) is 0. The molecule has 0 saturated carbocycles. The molecule has 1 aliphatic rings. The molecule has 0 unspecified atom stereocenters. The summed E-state index contributed by atoms with van der Waals surface area (Å²) in [6.45, 7) is 2.25. The van der Waals surface area contributed by atoms with E-state index in [-0.39, 0.29) is 19.0 Å². The summed E-state index contributed by atoms with van der Waals surface area (Å²) >= 11 is 0. The number of carbonyl (C=O) groups is 1. The Morgan fingerprint density at radius 2 is 2.29 bits per heavy atom. The van der Waals surface area contributed by atoms with Crippen molar-refractivity contribution in [3.8, 4) is 0 Å². The average Bonchev–Trinajstić information content (AvgIpc) is 2.39. The predicted octanol–water partition coefficient (Wildman–Crippen LogP) is 0.522. The molecular formula is C9H12FN3O. The van der Waals surface area contributed by atoms with E-state index in [2.05, 4.69) is 5.10 Å². The molecule has 0 aliphatic carbocycles. The van der Waals surface area contributed by atoms with E-state index in [9.17, 15) is 9.18 Å². The number of amides is 1. The molecule has 2 rings (SSSR count). The summed E-state index contributed by atoms with van der Waals surface area (Å²) in [6, 6.07) is 1.72. The minimum absolute atomic E-state index is 0.137. The molecule has 76 valence electrons. The summed E-state index contributed by atoms with van der Waals surface area (Å²) in [5, 5.41) is 4.07. The van der Waals surface area contributed by atoms with Crippen LogP contribution in [-0.2, 0) is 7.05 Å². The zero-order valence-corrected chi connectivity index (χ0v) is 8.20. The lowest BCUT2D eigenvalue weighted by molar-refractivity contribution is 0.0390. The maximum atomic E-state index is 12.5. The molecule has 14 heavy (non-hydrogen) atoms. The first-order valence-electron chi connectivity index (χ1n) is 4.52. The Bertz CT molecular complexity index is 368. The van der Waals surface area contributed by atoms with Crippen LogP contribution >= 0.6 is 0 Å².